The summed E-state index contributed by atoms with van der Waals surface area (Å²) in [5, 5.41) is 2.72. The Bertz CT molecular complexity index is 1450. The van der Waals surface area contributed by atoms with Gasteiger partial charge in [-0.1, -0.05) is 30.7 Å². The van der Waals surface area contributed by atoms with E-state index in [1.807, 2.05) is 6.92 Å². The summed E-state index contributed by atoms with van der Waals surface area (Å²) in [5.74, 6) is 0.447. The molecule has 0 saturated heterocycles. The molecule has 0 fully saturated rings. The van der Waals surface area contributed by atoms with Crippen molar-refractivity contribution >= 4 is 50.0 Å². The molecule has 1 amide bonds. The molecular weight excluding hydrogens is 466 g/mol. The zero-order valence-corrected chi connectivity index (χ0v) is 19.3. The predicted molar refractivity (Wildman–Crippen MR) is 127 cm³/mol. The van der Waals surface area contributed by atoms with Crippen LogP contribution in [0.25, 0.3) is 11.1 Å². The van der Waals surface area contributed by atoms with Gasteiger partial charge in [-0.05, 0) is 48.5 Å². The summed E-state index contributed by atoms with van der Waals surface area (Å²) in [6.07, 6.45) is 0.654. The van der Waals surface area contributed by atoms with Gasteiger partial charge in [0.05, 0.1) is 17.8 Å². The number of rotatable bonds is 7. The van der Waals surface area contributed by atoms with Crippen molar-refractivity contribution in [1.29, 1.82) is 0 Å². The summed E-state index contributed by atoms with van der Waals surface area (Å²) in [5.41, 5.74) is 2.10. The average Bonchev–Trinajstić information content (AvgIpc) is 3.22. The van der Waals surface area contributed by atoms with Crippen LogP contribution in [0.4, 0.5) is 11.4 Å². The van der Waals surface area contributed by atoms with Crippen molar-refractivity contribution in [3.05, 3.63) is 77.1 Å². The molecule has 10 heteroatoms. The van der Waals surface area contributed by atoms with Gasteiger partial charge in [-0.3, -0.25) is 9.52 Å². The summed E-state index contributed by atoms with van der Waals surface area (Å²) in [7, 11) is -2.66. The highest BCUT2D eigenvalue weighted by atomic mass is 35.5. The maximum absolute atomic E-state index is 13.0. The summed E-state index contributed by atoms with van der Waals surface area (Å²) >= 11 is 6.17. The van der Waals surface area contributed by atoms with E-state index < -0.39 is 15.9 Å². The van der Waals surface area contributed by atoms with Crippen LogP contribution in [0.3, 0.4) is 0 Å². The number of halogens is 1. The summed E-state index contributed by atoms with van der Waals surface area (Å²) in [4.78, 5) is 16.9. The summed E-state index contributed by atoms with van der Waals surface area (Å²) in [6, 6.07) is 15.7. The summed E-state index contributed by atoms with van der Waals surface area (Å²) in [6.45, 7) is 1.93. The lowest BCUT2D eigenvalue weighted by atomic mass is 10.2. The number of hydrogen-bond acceptors (Lipinski definition) is 6. The van der Waals surface area contributed by atoms with E-state index in [4.69, 9.17) is 20.8 Å². The Morgan fingerprint density at radius 3 is 2.67 bits per heavy atom. The molecule has 33 heavy (non-hydrogen) atoms. The van der Waals surface area contributed by atoms with Gasteiger partial charge in [0.25, 0.3) is 15.9 Å². The Morgan fingerprint density at radius 2 is 1.91 bits per heavy atom. The molecule has 0 atom stereocenters. The van der Waals surface area contributed by atoms with E-state index in [0.717, 1.165) is 0 Å². The van der Waals surface area contributed by atoms with Crippen LogP contribution in [0.1, 0.15) is 23.2 Å². The molecule has 1 aromatic heterocycles. The van der Waals surface area contributed by atoms with Crippen molar-refractivity contribution in [2.24, 2.45) is 0 Å². The Labute approximate surface area is 195 Å². The van der Waals surface area contributed by atoms with Gasteiger partial charge in [0, 0.05) is 17.7 Å². The molecule has 0 radical (unpaired) electrons. The fourth-order valence-corrected chi connectivity index (χ4v) is 4.78. The average molecular weight is 486 g/mol. The molecule has 1 heterocycles. The predicted octanol–water partition coefficient (Wildman–Crippen LogP) is 5.11. The molecule has 0 aliphatic rings. The third kappa shape index (κ3) is 4.79. The number of nitrogens with zero attached hydrogens (tertiary/aromatic N) is 1. The smallest absolute Gasteiger partial charge is 0.263 e. The lowest BCUT2D eigenvalue weighted by molar-refractivity contribution is 0.102. The first-order valence-corrected chi connectivity index (χ1v) is 11.8. The molecule has 4 aromatic rings. The second-order valence-corrected chi connectivity index (χ2v) is 9.11. The molecule has 2 N–H and O–H groups in total. The number of carbonyl (C=O) groups is 1. The molecule has 0 unspecified atom stereocenters. The number of oxazole rings is 1. The second kappa shape index (κ2) is 9.13. The fraction of sp³-hybridized carbons (Fsp3) is 0.130. The van der Waals surface area contributed by atoms with Crippen LogP contribution in [0.15, 0.2) is 70.0 Å². The number of anilines is 2. The largest absolute Gasteiger partial charge is 0.495 e. The number of hydrogen-bond donors (Lipinski definition) is 2. The maximum atomic E-state index is 13.0. The van der Waals surface area contributed by atoms with E-state index in [1.165, 1.54) is 25.3 Å². The molecule has 0 aliphatic heterocycles. The number of para-hydroxylation sites is 2. The number of benzene rings is 3. The normalized spacial score (nSPS) is 11.4. The van der Waals surface area contributed by atoms with E-state index in [2.05, 4.69) is 15.0 Å². The van der Waals surface area contributed by atoms with E-state index in [9.17, 15) is 13.2 Å². The summed E-state index contributed by atoms with van der Waals surface area (Å²) < 4.78 is 39.2. The first-order chi connectivity index (χ1) is 15.8. The van der Waals surface area contributed by atoms with Crippen LogP contribution in [0, 0.1) is 0 Å². The topological polar surface area (TPSA) is 111 Å². The van der Waals surface area contributed by atoms with Crippen LogP contribution in [-0.2, 0) is 16.4 Å². The van der Waals surface area contributed by atoms with Crippen LogP contribution < -0.4 is 14.8 Å². The van der Waals surface area contributed by atoms with Crippen molar-refractivity contribution < 1.29 is 22.4 Å². The van der Waals surface area contributed by atoms with Gasteiger partial charge in [-0.2, -0.15) is 0 Å². The highest BCUT2D eigenvalue weighted by Gasteiger charge is 2.22. The van der Waals surface area contributed by atoms with Gasteiger partial charge in [0.1, 0.15) is 16.2 Å². The lowest BCUT2D eigenvalue weighted by Crippen LogP contribution is -2.17. The maximum Gasteiger partial charge on any atom is 0.263 e. The fourth-order valence-electron chi connectivity index (χ4n) is 3.19. The molecule has 0 aliphatic carbocycles. The molecule has 0 spiro atoms. The van der Waals surface area contributed by atoms with Gasteiger partial charge in [0.15, 0.2) is 11.5 Å². The monoisotopic (exact) mass is 485 g/mol. The third-order valence-corrected chi connectivity index (χ3v) is 6.67. The SMILES string of the molecule is CCc1nc2cc(NC(=O)c3ccc(Cl)c(S(=O)(=O)Nc4ccccc4OC)c3)ccc2o1. The van der Waals surface area contributed by atoms with Gasteiger partial charge in [0.2, 0.25) is 0 Å². The van der Waals surface area contributed by atoms with Gasteiger partial charge < -0.3 is 14.5 Å². The van der Waals surface area contributed by atoms with Gasteiger partial charge >= 0.3 is 0 Å². The number of nitrogens with one attached hydrogen (secondary N) is 2. The Balaban J connectivity index is 1.60. The Kier molecular flexibility index (Phi) is 6.26. The van der Waals surface area contributed by atoms with Gasteiger partial charge in [-0.25, -0.2) is 13.4 Å². The van der Waals surface area contributed by atoms with Crippen molar-refractivity contribution in [3.8, 4) is 5.75 Å². The third-order valence-electron chi connectivity index (χ3n) is 4.83. The molecular formula is C23H20ClN3O5S. The lowest BCUT2D eigenvalue weighted by Gasteiger charge is -2.13. The quantitative estimate of drug-likeness (QED) is 0.376. The number of sulfonamides is 1. The van der Waals surface area contributed by atoms with Crippen molar-refractivity contribution in [2.75, 3.05) is 17.1 Å². The van der Waals surface area contributed by atoms with E-state index in [1.54, 1.807) is 42.5 Å². The molecule has 170 valence electrons. The second-order valence-electron chi connectivity index (χ2n) is 7.05. The number of fused-ring (bicyclic) bond motifs is 1. The van der Waals surface area contributed by atoms with Crippen molar-refractivity contribution in [3.63, 3.8) is 0 Å². The minimum atomic E-state index is -4.10. The highest BCUT2D eigenvalue weighted by Crippen LogP contribution is 2.30. The van der Waals surface area contributed by atoms with Crippen molar-refractivity contribution in [2.45, 2.75) is 18.2 Å². The van der Waals surface area contributed by atoms with E-state index in [-0.39, 0.29) is 21.2 Å². The number of aromatic nitrogens is 1. The number of amides is 1. The first kappa shape index (κ1) is 22.6. The van der Waals surface area contributed by atoms with E-state index in [0.29, 0.717) is 34.8 Å². The van der Waals surface area contributed by atoms with Crippen LogP contribution >= 0.6 is 11.6 Å². The highest BCUT2D eigenvalue weighted by molar-refractivity contribution is 7.92. The van der Waals surface area contributed by atoms with Crippen LogP contribution in [0.2, 0.25) is 5.02 Å². The Hall–Kier alpha value is -3.56. The number of aryl methyl sites for hydroxylation is 1. The van der Waals surface area contributed by atoms with Crippen LogP contribution in [0.5, 0.6) is 5.75 Å². The molecule has 4 rings (SSSR count). The molecule has 0 saturated carbocycles. The van der Waals surface area contributed by atoms with Gasteiger partial charge in [-0.15, -0.1) is 0 Å². The zero-order valence-electron chi connectivity index (χ0n) is 17.8. The van der Waals surface area contributed by atoms with Crippen LogP contribution in [-0.4, -0.2) is 26.4 Å². The minimum Gasteiger partial charge on any atom is -0.495 e. The Morgan fingerprint density at radius 1 is 1.12 bits per heavy atom. The van der Waals surface area contributed by atoms with Crippen molar-refractivity contribution in [1.82, 2.24) is 4.98 Å². The number of carbonyl (C=O) groups excluding carboxylic acids is 1. The van der Waals surface area contributed by atoms with E-state index >= 15 is 0 Å². The molecule has 3 aromatic carbocycles. The molecule has 8 nitrogen and oxygen atoms in total. The number of methoxy groups -OCH3 is 1. The first-order valence-electron chi connectivity index (χ1n) is 9.97. The number of ether oxygens (including phenoxy) is 1. The zero-order chi connectivity index (χ0) is 23.6. The molecule has 0 bridgehead atoms. The standard InChI is InChI=1S/C23H20ClN3O5S/c1-3-22-26-18-13-15(9-11-20(18)32-22)25-23(28)14-8-10-16(24)21(12-14)33(29,30)27-17-6-4-5-7-19(17)31-2/h4-13,27H,3H2,1-2H3,(H,25,28). The minimum absolute atomic E-state index is 0.0231.